The molecule has 1 fully saturated rings. The van der Waals surface area contributed by atoms with Gasteiger partial charge in [-0.2, -0.15) is 5.10 Å². The Kier molecular flexibility index (Phi) is 3.66. The summed E-state index contributed by atoms with van der Waals surface area (Å²) in [4.78, 5) is 2.50. The zero-order chi connectivity index (χ0) is 11.4. The van der Waals surface area contributed by atoms with Crippen LogP contribution >= 0.6 is 0 Å². The monoisotopic (exact) mass is 223 g/mol. The van der Waals surface area contributed by atoms with Crippen LogP contribution in [0.25, 0.3) is 0 Å². The largest absolute Gasteiger partial charge is 0.382 e. The van der Waals surface area contributed by atoms with Gasteiger partial charge in [0.05, 0.1) is 11.9 Å². The molecule has 1 saturated heterocycles. The van der Waals surface area contributed by atoms with E-state index in [-0.39, 0.29) is 0 Å². The molecule has 2 rings (SSSR count). The van der Waals surface area contributed by atoms with E-state index in [4.69, 9.17) is 5.73 Å². The summed E-state index contributed by atoms with van der Waals surface area (Å²) < 4.78 is 0. The van der Waals surface area contributed by atoms with Crippen LogP contribution in [0.4, 0.5) is 11.5 Å². The van der Waals surface area contributed by atoms with Crippen LogP contribution in [0.1, 0.15) is 19.8 Å². The lowest BCUT2D eigenvalue weighted by Crippen LogP contribution is -2.36. The molecule has 90 valence electrons. The van der Waals surface area contributed by atoms with Crippen molar-refractivity contribution in [3.8, 4) is 0 Å². The molecule has 0 bridgehead atoms. The molecule has 1 aliphatic heterocycles. The van der Waals surface area contributed by atoms with Crippen LogP contribution in [0.2, 0.25) is 0 Å². The lowest BCUT2D eigenvalue weighted by atomic mass is 9.99. The fraction of sp³-hybridized carbons (Fsp3) is 0.727. The standard InChI is InChI=1S/C11H21N5/c1-9-2-5-16(6-3-9)7-4-13-10-8-14-15-11(10)12/h8-9,13H,2-7H2,1H3,(H3,12,14,15). The van der Waals surface area contributed by atoms with Gasteiger partial charge in [0.2, 0.25) is 0 Å². The smallest absolute Gasteiger partial charge is 0.142 e. The molecule has 1 aromatic heterocycles. The summed E-state index contributed by atoms with van der Waals surface area (Å²) >= 11 is 0. The van der Waals surface area contributed by atoms with Gasteiger partial charge in [-0.05, 0) is 31.8 Å². The van der Waals surface area contributed by atoms with Crippen molar-refractivity contribution < 1.29 is 0 Å². The molecule has 0 aromatic carbocycles. The highest BCUT2D eigenvalue weighted by Crippen LogP contribution is 2.16. The Labute approximate surface area is 96.4 Å². The molecule has 0 amide bonds. The number of nitrogens with one attached hydrogen (secondary N) is 2. The molecule has 0 unspecified atom stereocenters. The molecule has 5 nitrogen and oxygen atoms in total. The second kappa shape index (κ2) is 5.21. The van der Waals surface area contributed by atoms with Gasteiger partial charge in [-0.3, -0.25) is 5.10 Å². The van der Waals surface area contributed by atoms with Gasteiger partial charge in [-0.15, -0.1) is 0 Å². The minimum absolute atomic E-state index is 0.618. The SMILES string of the molecule is CC1CCN(CCNc2cn[nH]c2N)CC1. The molecule has 1 aliphatic rings. The zero-order valence-corrected chi connectivity index (χ0v) is 9.87. The van der Waals surface area contributed by atoms with E-state index < -0.39 is 0 Å². The number of aromatic nitrogens is 2. The van der Waals surface area contributed by atoms with Crippen molar-refractivity contribution in [3.63, 3.8) is 0 Å². The van der Waals surface area contributed by atoms with E-state index in [2.05, 4.69) is 27.3 Å². The number of rotatable bonds is 4. The minimum Gasteiger partial charge on any atom is -0.382 e. The highest BCUT2D eigenvalue weighted by Gasteiger charge is 2.14. The van der Waals surface area contributed by atoms with Gasteiger partial charge in [-0.1, -0.05) is 6.92 Å². The first-order valence-electron chi connectivity index (χ1n) is 6.01. The summed E-state index contributed by atoms with van der Waals surface area (Å²) in [6.45, 7) is 6.80. The third kappa shape index (κ3) is 2.88. The zero-order valence-electron chi connectivity index (χ0n) is 9.87. The molecular weight excluding hydrogens is 202 g/mol. The van der Waals surface area contributed by atoms with Crippen LogP contribution in [-0.2, 0) is 0 Å². The van der Waals surface area contributed by atoms with Gasteiger partial charge < -0.3 is 16.0 Å². The maximum atomic E-state index is 5.68. The molecule has 0 saturated carbocycles. The van der Waals surface area contributed by atoms with Crippen LogP contribution in [0, 0.1) is 5.92 Å². The van der Waals surface area contributed by atoms with Crippen molar-refractivity contribution in [1.82, 2.24) is 15.1 Å². The van der Waals surface area contributed by atoms with Gasteiger partial charge in [0.1, 0.15) is 5.82 Å². The molecule has 0 spiro atoms. The van der Waals surface area contributed by atoms with E-state index in [9.17, 15) is 0 Å². The Hall–Kier alpha value is -1.23. The number of nitrogens with zero attached hydrogens (tertiary/aromatic N) is 2. The highest BCUT2D eigenvalue weighted by molar-refractivity contribution is 5.59. The second-order valence-corrected chi connectivity index (χ2v) is 4.65. The van der Waals surface area contributed by atoms with E-state index in [1.165, 1.54) is 25.9 Å². The number of H-pyrrole nitrogens is 1. The average molecular weight is 223 g/mol. The highest BCUT2D eigenvalue weighted by atomic mass is 15.2. The first kappa shape index (κ1) is 11.3. The van der Waals surface area contributed by atoms with Crippen molar-refractivity contribution in [3.05, 3.63) is 6.20 Å². The Morgan fingerprint density at radius 2 is 2.31 bits per heavy atom. The number of piperidine rings is 1. The summed E-state index contributed by atoms with van der Waals surface area (Å²) in [7, 11) is 0. The molecule has 2 heterocycles. The second-order valence-electron chi connectivity index (χ2n) is 4.65. The van der Waals surface area contributed by atoms with Crippen molar-refractivity contribution in [2.45, 2.75) is 19.8 Å². The maximum Gasteiger partial charge on any atom is 0.142 e. The predicted octanol–water partition coefficient (Wildman–Crippen LogP) is 1.14. The Bertz CT molecular complexity index is 314. The van der Waals surface area contributed by atoms with E-state index in [0.717, 1.165) is 24.7 Å². The number of aromatic amines is 1. The molecule has 0 radical (unpaired) electrons. The van der Waals surface area contributed by atoms with E-state index >= 15 is 0 Å². The van der Waals surface area contributed by atoms with Crippen molar-refractivity contribution >= 4 is 11.5 Å². The topological polar surface area (TPSA) is 70.0 Å². The van der Waals surface area contributed by atoms with Crippen LogP contribution in [0.15, 0.2) is 6.20 Å². The molecule has 0 aliphatic carbocycles. The van der Waals surface area contributed by atoms with Crippen molar-refractivity contribution in [1.29, 1.82) is 0 Å². The first-order valence-corrected chi connectivity index (χ1v) is 6.01. The van der Waals surface area contributed by atoms with Crippen LogP contribution in [0.3, 0.4) is 0 Å². The fourth-order valence-electron chi connectivity index (χ4n) is 2.07. The Morgan fingerprint density at radius 1 is 1.56 bits per heavy atom. The third-order valence-electron chi connectivity index (χ3n) is 3.29. The molecule has 1 aromatic rings. The van der Waals surface area contributed by atoms with E-state index in [1.807, 2.05) is 0 Å². The lowest BCUT2D eigenvalue weighted by molar-refractivity contribution is 0.199. The fourth-order valence-corrected chi connectivity index (χ4v) is 2.07. The quantitative estimate of drug-likeness (QED) is 0.716. The Morgan fingerprint density at radius 3 is 2.94 bits per heavy atom. The first-order chi connectivity index (χ1) is 7.75. The number of hydrogen-bond acceptors (Lipinski definition) is 4. The van der Waals surface area contributed by atoms with Gasteiger partial charge in [0.25, 0.3) is 0 Å². The molecule has 16 heavy (non-hydrogen) atoms. The van der Waals surface area contributed by atoms with E-state index in [0.29, 0.717) is 5.82 Å². The van der Waals surface area contributed by atoms with Gasteiger partial charge >= 0.3 is 0 Å². The summed E-state index contributed by atoms with van der Waals surface area (Å²) in [6.07, 6.45) is 4.38. The van der Waals surface area contributed by atoms with Crippen LogP contribution in [0.5, 0.6) is 0 Å². The summed E-state index contributed by atoms with van der Waals surface area (Å²) in [6, 6.07) is 0. The predicted molar refractivity (Wildman–Crippen MR) is 66.3 cm³/mol. The van der Waals surface area contributed by atoms with Crippen LogP contribution in [-0.4, -0.2) is 41.3 Å². The maximum absolute atomic E-state index is 5.68. The normalized spacial score (nSPS) is 18.8. The van der Waals surface area contributed by atoms with Crippen molar-refractivity contribution in [2.24, 2.45) is 5.92 Å². The summed E-state index contributed by atoms with van der Waals surface area (Å²) in [5.74, 6) is 1.51. The van der Waals surface area contributed by atoms with Crippen molar-refractivity contribution in [2.75, 3.05) is 37.2 Å². The van der Waals surface area contributed by atoms with Gasteiger partial charge in [-0.25, -0.2) is 0 Å². The number of likely N-dealkylation sites (tertiary alicyclic amines) is 1. The van der Waals surface area contributed by atoms with Gasteiger partial charge in [0, 0.05) is 13.1 Å². The summed E-state index contributed by atoms with van der Waals surface area (Å²) in [5, 5.41) is 9.88. The lowest BCUT2D eigenvalue weighted by Gasteiger charge is -2.30. The number of hydrogen-bond donors (Lipinski definition) is 3. The molecule has 5 heteroatoms. The van der Waals surface area contributed by atoms with Crippen LogP contribution < -0.4 is 11.1 Å². The van der Waals surface area contributed by atoms with E-state index in [1.54, 1.807) is 6.20 Å². The third-order valence-corrected chi connectivity index (χ3v) is 3.29. The molecular formula is C11H21N5. The number of nitrogens with two attached hydrogens (primary N) is 1. The number of anilines is 2. The molecule has 0 atom stereocenters. The number of nitrogen functional groups attached to an aromatic ring is 1. The minimum atomic E-state index is 0.618. The molecule has 4 N–H and O–H groups in total. The summed E-state index contributed by atoms with van der Waals surface area (Å²) in [5.41, 5.74) is 6.59. The Balaban J connectivity index is 1.67. The van der Waals surface area contributed by atoms with Gasteiger partial charge in [0.15, 0.2) is 0 Å². The average Bonchev–Trinajstić information content (AvgIpc) is 2.68.